The van der Waals surface area contributed by atoms with Crippen molar-refractivity contribution in [2.45, 2.75) is 20.0 Å². The van der Waals surface area contributed by atoms with Crippen molar-refractivity contribution in [1.82, 2.24) is 5.32 Å². The van der Waals surface area contributed by atoms with Crippen molar-refractivity contribution < 1.29 is 23.5 Å². The minimum absolute atomic E-state index is 0.0829. The normalized spacial score (nSPS) is 17.4. The van der Waals surface area contributed by atoms with Crippen LogP contribution in [0, 0.1) is 5.82 Å². The smallest absolute Gasteiger partial charge is 0.341 e. The molecule has 1 aliphatic heterocycles. The number of anilines is 1. The Morgan fingerprint density at radius 3 is 2.91 bits per heavy atom. The van der Waals surface area contributed by atoms with Crippen LogP contribution in [0.25, 0.3) is 0 Å². The van der Waals surface area contributed by atoms with Crippen molar-refractivity contribution in [2.75, 3.05) is 31.3 Å². The van der Waals surface area contributed by atoms with Gasteiger partial charge >= 0.3 is 5.97 Å². The lowest BCUT2D eigenvalue weighted by Gasteiger charge is -2.17. The van der Waals surface area contributed by atoms with E-state index in [1.807, 2.05) is 4.90 Å². The van der Waals surface area contributed by atoms with Crippen molar-refractivity contribution in [3.63, 3.8) is 0 Å². The molecule has 120 valence electrons. The van der Waals surface area contributed by atoms with E-state index in [9.17, 15) is 14.0 Å². The molecule has 1 aromatic rings. The first-order valence-corrected chi connectivity index (χ1v) is 7.09. The molecule has 1 saturated heterocycles. The fourth-order valence-corrected chi connectivity index (χ4v) is 2.18. The maximum atomic E-state index is 14.0. The molecule has 0 saturated carbocycles. The molecular weight excluding hydrogens is 291 g/mol. The van der Waals surface area contributed by atoms with Crippen LogP contribution in [-0.4, -0.2) is 44.4 Å². The van der Waals surface area contributed by atoms with Gasteiger partial charge in [0.1, 0.15) is 12.5 Å². The first-order chi connectivity index (χ1) is 10.5. The van der Waals surface area contributed by atoms with Crippen LogP contribution < -0.4 is 10.2 Å². The summed E-state index contributed by atoms with van der Waals surface area (Å²) in [6.45, 7) is 4.57. The number of rotatable bonds is 5. The molecule has 1 N–H and O–H groups in total. The summed E-state index contributed by atoms with van der Waals surface area (Å²) in [5, 5.41) is 2.68. The molecule has 1 aliphatic rings. The Bertz CT molecular complexity index is 564. The molecule has 0 unspecified atom stereocenters. The summed E-state index contributed by atoms with van der Waals surface area (Å²) in [5.74, 6) is -1.42. The fraction of sp³-hybridized carbons (Fsp3) is 0.467. The Morgan fingerprint density at radius 1 is 1.50 bits per heavy atom. The number of amides is 1. The third kappa shape index (κ3) is 3.94. The summed E-state index contributed by atoms with van der Waals surface area (Å²) in [6, 6.07) is 4.35. The lowest BCUT2D eigenvalue weighted by molar-refractivity contribution is -0.119. The highest BCUT2D eigenvalue weighted by Gasteiger charge is 2.24. The molecule has 0 aliphatic carbocycles. The Balaban J connectivity index is 2.00. The second-order valence-electron chi connectivity index (χ2n) is 4.96. The summed E-state index contributed by atoms with van der Waals surface area (Å²) in [6.07, 6.45) is -0.142. The van der Waals surface area contributed by atoms with Gasteiger partial charge in [-0.3, -0.25) is 4.79 Å². The maximum absolute atomic E-state index is 14.0. The largest absolute Gasteiger partial charge is 0.462 e. The van der Waals surface area contributed by atoms with E-state index in [1.165, 1.54) is 19.1 Å². The second-order valence-corrected chi connectivity index (χ2v) is 4.96. The fourth-order valence-electron chi connectivity index (χ4n) is 2.18. The summed E-state index contributed by atoms with van der Waals surface area (Å²) in [4.78, 5) is 24.3. The van der Waals surface area contributed by atoms with Gasteiger partial charge in [-0.2, -0.15) is 0 Å². The number of esters is 1. The SMILES string of the molecule is CCOC(=O)c1ccc(N2CO[C@@H](CNC(C)=O)C2)cc1F. The molecule has 0 bridgehead atoms. The van der Waals surface area contributed by atoms with Crippen LogP contribution in [0.1, 0.15) is 24.2 Å². The van der Waals surface area contributed by atoms with Crippen molar-refractivity contribution in [2.24, 2.45) is 0 Å². The average molecular weight is 310 g/mol. The van der Waals surface area contributed by atoms with Gasteiger partial charge in [0.25, 0.3) is 0 Å². The molecule has 1 heterocycles. The molecule has 1 aromatic carbocycles. The summed E-state index contributed by atoms with van der Waals surface area (Å²) < 4.78 is 24.3. The molecule has 2 rings (SSSR count). The van der Waals surface area contributed by atoms with E-state index in [0.717, 1.165) is 0 Å². The topological polar surface area (TPSA) is 67.9 Å². The summed E-state index contributed by atoms with van der Waals surface area (Å²) in [5.41, 5.74) is 0.538. The van der Waals surface area contributed by atoms with Crippen molar-refractivity contribution in [1.29, 1.82) is 0 Å². The number of benzene rings is 1. The van der Waals surface area contributed by atoms with Crippen molar-refractivity contribution >= 4 is 17.6 Å². The third-order valence-corrected chi connectivity index (χ3v) is 3.28. The van der Waals surface area contributed by atoms with Crippen molar-refractivity contribution in [3.8, 4) is 0 Å². The predicted octanol–water partition coefficient (Wildman–Crippen LogP) is 1.30. The lowest BCUT2D eigenvalue weighted by atomic mass is 10.2. The molecular formula is C15H19FN2O4. The molecule has 22 heavy (non-hydrogen) atoms. The number of nitrogens with zero attached hydrogens (tertiary/aromatic N) is 1. The van der Waals surface area contributed by atoms with Gasteiger partial charge in [0.2, 0.25) is 5.91 Å². The number of carbonyl (C=O) groups is 2. The van der Waals surface area contributed by atoms with Gasteiger partial charge in [-0.25, -0.2) is 9.18 Å². The van der Waals surface area contributed by atoms with Gasteiger partial charge in [-0.05, 0) is 25.1 Å². The van der Waals surface area contributed by atoms with Gasteiger partial charge in [0, 0.05) is 25.7 Å². The van der Waals surface area contributed by atoms with Gasteiger partial charge in [-0.1, -0.05) is 0 Å². The van der Waals surface area contributed by atoms with Crippen LogP contribution in [-0.2, 0) is 14.3 Å². The molecule has 1 fully saturated rings. The first kappa shape index (κ1) is 16.2. The van der Waals surface area contributed by atoms with Crippen LogP contribution in [0.4, 0.5) is 10.1 Å². The Hall–Kier alpha value is -2.15. The summed E-state index contributed by atoms with van der Waals surface area (Å²) in [7, 11) is 0. The van der Waals surface area contributed by atoms with E-state index in [1.54, 1.807) is 13.0 Å². The highest BCUT2D eigenvalue weighted by molar-refractivity contribution is 5.90. The molecule has 1 amide bonds. The average Bonchev–Trinajstić information content (AvgIpc) is 2.94. The summed E-state index contributed by atoms with van der Waals surface area (Å²) >= 11 is 0. The van der Waals surface area contributed by atoms with E-state index in [0.29, 0.717) is 25.5 Å². The van der Waals surface area contributed by atoms with Gasteiger partial charge in [0.15, 0.2) is 0 Å². The van der Waals surface area contributed by atoms with E-state index in [2.05, 4.69) is 5.32 Å². The molecule has 0 radical (unpaired) electrons. The van der Waals surface area contributed by atoms with Crippen LogP contribution in [0.5, 0.6) is 0 Å². The molecule has 0 spiro atoms. The molecule has 7 heteroatoms. The minimum atomic E-state index is -0.673. The van der Waals surface area contributed by atoms with Crippen LogP contribution in [0.2, 0.25) is 0 Å². The highest BCUT2D eigenvalue weighted by atomic mass is 19.1. The predicted molar refractivity (Wildman–Crippen MR) is 78.1 cm³/mol. The number of hydrogen-bond acceptors (Lipinski definition) is 5. The monoisotopic (exact) mass is 310 g/mol. The van der Waals surface area contributed by atoms with Crippen LogP contribution >= 0.6 is 0 Å². The Morgan fingerprint density at radius 2 is 2.27 bits per heavy atom. The zero-order chi connectivity index (χ0) is 16.1. The number of nitrogens with one attached hydrogen (secondary N) is 1. The van der Waals surface area contributed by atoms with E-state index < -0.39 is 11.8 Å². The third-order valence-electron chi connectivity index (χ3n) is 3.28. The van der Waals surface area contributed by atoms with Crippen LogP contribution in [0.3, 0.4) is 0 Å². The Labute approximate surface area is 128 Å². The molecule has 0 aromatic heterocycles. The second kappa shape index (κ2) is 7.22. The van der Waals surface area contributed by atoms with E-state index in [4.69, 9.17) is 9.47 Å². The first-order valence-electron chi connectivity index (χ1n) is 7.09. The zero-order valence-electron chi connectivity index (χ0n) is 12.6. The highest BCUT2D eigenvalue weighted by Crippen LogP contribution is 2.22. The standard InChI is InChI=1S/C15H19FN2O4/c1-3-21-15(20)13-5-4-11(6-14(13)16)18-8-12(22-9-18)7-17-10(2)19/h4-6,12H,3,7-9H2,1-2H3,(H,17,19)/t12-/m0/s1. The van der Waals surface area contributed by atoms with E-state index >= 15 is 0 Å². The lowest BCUT2D eigenvalue weighted by Crippen LogP contribution is -2.33. The number of carbonyl (C=O) groups excluding carboxylic acids is 2. The van der Waals surface area contributed by atoms with Crippen LogP contribution in [0.15, 0.2) is 18.2 Å². The van der Waals surface area contributed by atoms with E-state index in [-0.39, 0.29) is 24.2 Å². The number of halogens is 1. The maximum Gasteiger partial charge on any atom is 0.341 e. The quantitative estimate of drug-likeness (QED) is 0.830. The molecule has 6 nitrogen and oxygen atoms in total. The van der Waals surface area contributed by atoms with Gasteiger partial charge in [-0.15, -0.1) is 0 Å². The Kier molecular flexibility index (Phi) is 5.32. The number of hydrogen-bond donors (Lipinski definition) is 1. The zero-order valence-corrected chi connectivity index (χ0v) is 12.6. The number of ether oxygens (including phenoxy) is 2. The molecule has 1 atom stereocenters. The minimum Gasteiger partial charge on any atom is -0.462 e. The van der Waals surface area contributed by atoms with Crippen molar-refractivity contribution in [3.05, 3.63) is 29.6 Å². The van der Waals surface area contributed by atoms with Gasteiger partial charge < -0.3 is 19.7 Å². The van der Waals surface area contributed by atoms with Gasteiger partial charge in [0.05, 0.1) is 18.3 Å².